The minimum absolute atomic E-state index is 0.122. The highest BCUT2D eigenvalue weighted by molar-refractivity contribution is 5.99. The highest BCUT2D eigenvalue weighted by Crippen LogP contribution is 2.45. The molecule has 2 aliphatic rings. The number of rotatable bonds is 5. The second kappa shape index (κ2) is 8.11. The van der Waals surface area contributed by atoms with Gasteiger partial charge in [-0.15, -0.1) is 0 Å². The molecule has 0 radical (unpaired) electrons. The van der Waals surface area contributed by atoms with Crippen molar-refractivity contribution in [3.05, 3.63) is 77.7 Å². The van der Waals surface area contributed by atoms with Crippen molar-refractivity contribution in [1.29, 1.82) is 0 Å². The first kappa shape index (κ1) is 22.1. The zero-order chi connectivity index (χ0) is 25.0. The van der Waals surface area contributed by atoms with E-state index in [1.807, 2.05) is 66.2 Å². The number of carbonyl (C=O) groups is 2. The molecule has 5 heterocycles. The number of hydrogen-bond acceptors (Lipinski definition) is 6. The number of hydrogen-bond donors (Lipinski definition) is 0. The Hall–Kier alpha value is -4.34. The lowest BCUT2D eigenvalue weighted by Gasteiger charge is -2.47. The van der Waals surface area contributed by atoms with E-state index in [4.69, 9.17) is 9.26 Å². The molecule has 184 valence electrons. The summed E-state index contributed by atoms with van der Waals surface area (Å²) >= 11 is 0. The van der Waals surface area contributed by atoms with E-state index in [0.717, 1.165) is 16.7 Å². The van der Waals surface area contributed by atoms with Crippen LogP contribution < -0.4 is 4.74 Å². The number of ether oxygens (including phenoxy) is 1. The Bertz CT molecular complexity index is 1470. The molecule has 3 aromatic heterocycles. The van der Waals surface area contributed by atoms with Crippen molar-refractivity contribution in [3.8, 4) is 16.9 Å². The van der Waals surface area contributed by atoms with E-state index < -0.39 is 5.66 Å². The third kappa shape index (κ3) is 3.10. The van der Waals surface area contributed by atoms with Gasteiger partial charge in [0.05, 0.1) is 25.5 Å². The molecule has 6 rings (SSSR count). The standard InChI is InChI=1S/C26H26N6O4/c1-4-22-21(15-36-28-22)24(33)31-9-10-32-25(34)23-11-17(18-12-27-29(2)13-18)14-30(23)16-26(31,32)19-5-7-20(35-3)8-6-19/h5-8,11-15H,4,9-10,16H2,1-3H3. The molecule has 36 heavy (non-hydrogen) atoms. The average Bonchev–Trinajstić information content (AvgIpc) is 3.68. The van der Waals surface area contributed by atoms with Gasteiger partial charge in [-0.2, -0.15) is 5.10 Å². The van der Waals surface area contributed by atoms with Crippen LogP contribution in [0.1, 0.15) is 39.0 Å². The van der Waals surface area contributed by atoms with E-state index in [1.54, 1.807) is 22.9 Å². The molecule has 2 aliphatic heterocycles. The number of aryl methyl sites for hydroxylation is 2. The molecule has 1 saturated heterocycles. The van der Waals surface area contributed by atoms with Gasteiger partial charge in [0, 0.05) is 49.2 Å². The molecule has 1 fully saturated rings. The van der Waals surface area contributed by atoms with Gasteiger partial charge < -0.3 is 23.6 Å². The van der Waals surface area contributed by atoms with Crippen molar-refractivity contribution in [2.75, 3.05) is 20.2 Å². The van der Waals surface area contributed by atoms with Gasteiger partial charge in [-0.25, -0.2) is 0 Å². The Morgan fingerprint density at radius 2 is 1.97 bits per heavy atom. The van der Waals surface area contributed by atoms with E-state index in [0.29, 0.717) is 48.8 Å². The number of fused-ring (bicyclic) bond motifs is 2. The Balaban J connectivity index is 1.50. The summed E-state index contributed by atoms with van der Waals surface area (Å²) in [6.45, 7) is 3.13. The van der Waals surface area contributed by atoms with Gasteiger partial charge in [-0.05, 0) is 24.6 Å². The number of amides is 2. The fraction of sp³-hybridized carbons (Fsp3) is 0.308. The summed E-state index contributed by atoms with van der Waals surface area (Å²) in [6.07, 6.45) is 7.63. The monoisotopic (exact) mass is 486 g/mol. The third-order valence-electron chi connectivity index (χ3n) is 7.24. The molecule has 10 nitrogen and oxygen atoms in total. The zero-order valence-corrected chi connectivity index (χ0v) is 20.3. The van der Waals surface area contributed by atoms with E-state index in [2.05, 4.69) is 10.3 Å². The highest BCUT2D eigenvalue weighted by atomic mass is 16.5. The predicted molar refractivity (Wildman–Crippen MR) is 129 cm³/mol. The van der Waals surface area contributed by atoms with E-state index in [-0.39, 0.29) is 11.8 Å². The summed E-state index contributed by atoms with van der Waals surface area (Å²) in [4.78, 5) is 31.5. The summed E-state index contributed by atoms with van der Waals surface area (Å²) in [7, 11) is 3.47. The maximum Gasteiger partial charge on any atom is 0.272 e. The number of aromatic nitrogens is 4. The van der Waals surface area contributed by atoms with Crippen LogP contribution in [0.2, 0.25) is 0 Å². The SMILES string of the molecule is CCc1nocc1C(=O)N1CCN2C(=O)c3cc(-c4cnn(C)c4)cn3CC12c1ccc(OC)cc1. The fourth-order valence-corrected chi connectivity index (χ4v) is 5.44. The quantitative estimate of drug-likeness (QED) is 0.430. The maximum absolute atomic E-state index is 13.9. The van der Waals surface area contributed by atoms with Gasteiger partial charge >= 0.3 is 0 Å². The minimum Gasteiger partial charge on any atom is -0.497 e. The predicted octanol–water partition coefficient (Wildman–Crippen LogP) is 2.91. The van der Waals surface area contributed by atoms with Crippen molar-refractivity contribution in [2.45, 2.75) is 25.6 Å². The first-order chi connectivity index (χ1) is 17.5. The number of nitrogens with zero attached hydrogens (tertiary/aromatic N) is 6. The molecule has 1 atom stereocenters. The fourth-order valence-electron chi connectivity index (χ4n) is 5.44. The van der Waals surface area contributed by atoms with Crippen LogP contribution in [-0.4, -0.2) is 61.3 Å². The van der Waals surface area contributed by atoms with Crippen LogP contribution in [0, 0.1) is 0 Å². The number of carbonyl (C=O) groups excluding carboxylic acids is 2. The van der Waals surface area contributed by atoms with E-state index in [9.17, 15) is 9.59 Å². The van der Waals surface area contributed by atoms with Gasteiger partial charge in [0.2, 0.25) is 0 Å². The molecule has 0 spiro atoms. The Morgan fingerprint density at radius 3 is 2.67 bits per heavy atom. The topological polar surface area (TPSA) is 98.6 Å². The van der Waals surface area contributed by atoms with Gasteiger partial charge in [0.15, 0.2) is 5.66 Å². The molecular weight excluding hydrogens is 460 g/mol. The van der Waals surface area contributed by atoms with Crippen LogP contribution in [0.4, 0.5) is 0 Å². The van der Waals surface area contributed by atoms with Crippen LogP contribution in [0.3, 0.4) is 0 Å². The largest absolute Gasteiger partial charge is 0.497 e. The van der Waals surface area contributed by atoms with Crippen LogP contribution in [0.25, 0.3) is 11.1 Å². The van der Waals surface area contributed by atoms with Crippen LogP contribution in [0.15, 0.2) is 59.7 Å². The first-order valence-corrected chi connectivity index (χ1v) is 11.9. The second-order valence-electron chi connectivity index (χ2n) is 9.13. The van der Waals surface area contributed by atoms with Crippen molar-refractivity contribution >= 4 is 11.8 Å². The Kier molecular flexibility index (Phi) is 4.99. The molecule has 0 bridgehead atoms. The summed E-state index contributed by atoms with van der Waals surface area (Å²) in [6, 6.07) is 9.47. The normalized spacial score (nSPS) is 18.9. The molecule has 0 saturated carbocycles. The maximum atomic E-state index is 13.9. The van der Waals surface area contributed by atoms with Crippen LogP contribution in [0.5, 0.6) is 5.75 Å². The zero-order valence-electron chi connectivity index (χ0n) is 20.3. The lowest BCUT2D eigenvalue weighted by atomic mass is 9.93. The van der Waals surface area contributed by atoms with Crippen LogP contribution in [-0.2, 0) is 25.7 Å². The smallest absolute Gasteiger partial charge is 0.272 e. The second-order valence-corrected chi connectivity index (χ2v) is 9.13. The molecule has 2 amide bonds. The average molecular weight is 487 g/mol. The van der Waals surface area contributed by atoms with Gasteiger partial charge in [-0.1, -0.05) is 24.2 Å². The third-order valence-corrected chi connectivity index (χ3v) is 7.24. The van der Waals surface area contributed by atoms with Crippen molar-refractivity contribution in [3.63, 3.8) is 0 Å². The lowest BCUT2D eigenvalue weighted by molar-refractivity contribution is -0.00599. The number of benzene rings is 1. The van der Waals surface area contributed by atoms with Crippen molar-refractivity contribution in [2.24, 2.45) is 7.05 Å². The summed E-state index contributed by atoms with van der Waals surface area (Å²) in [5.74, 6) is 0.373. The van der Waals surface area contributed by atoms with Crippen molar-refractivity contribution in [1.82, 2.24) is 29.3 Å². The van der Waals surface area contributed by atoms with Gasteiger partial charge in [0.1, 0.15) is 23.3 Å². The van der Waals surface area contributed by atoms with Gasteiger partial charge in [0.25, 0.3) is 11.8 Å². The summed E-state index contributed by atoms with van der Waals surface area (Å²) in [5.41, 5.74) is 3.27. The molecule has 0 aliphatic carbocycles. The Morgan fingerprint density at radius 1 is 1.17 bits per heavy atom. The molecule has 0 N–H and O–H groups in total. The summed E-state index contributed by atoms with van der Waals surface area (Å²) in [5, 5.41) is 8.27. The molecule has 10 heteroatoms. The molecule has 1 unspecified atom stereocenters. The first-order valence-electron chi connectivity index (χ1n) is 11.9. The molecule has 1 aromatic carbocycles. The van der Waals surface area contributed by atoms with Gasteiger partial charge in [-0.3, -0.25) is 14.3 Å². The van der Waals surface area contributed by atoms with E-state index in [1.165, 1.54) is 6.26 Å². The van der Waals surface area contributed by atoms with E-state index >= 15 is 0 Å². The molecule has 4 aromatic rings. The minimum atomic E-state index is -1.01. The molecular formula is C26H26N6O4. The Labute approximate surface area is 207 Å². The summed E-state index contributed by atoms with van der Waals surface area (Å²) < 4.78 is 14.2. The lowest BCUT2D eigenvalue weighted by Crippen LogP contribution is -2.60. The number of methoxy groups -OCH3 is 1. The van der Waals surface area contributed by atoms with Crippen LogP contribution >= 0.6 is 0 Å². The van der Waals surface area contributed by atoms with Crippen molar-refractivity contribution < 1.29 is 18.8 Å². The highest BCUT2D eigenvalue weighted by Gasteiger charge is 2.56.